The van der Waals surface area contributed by atoms with Gasteiger partial charge in [0.1, 0.15) is 0 Å². The Labute approximate surface area is 80.4 Å². The van der Waals surface area contributed by atoms with E-state index in [0.29, 0.717) is 6.04 Å². The number of rotatable bonds is 2. The van der Waals surface area contributed by atoms with Crippen molar-refractivity contribution in [1.82, 2.24) is 0 Å². The lowest BCUT2D eigenvalue weighted by molar-refractivity contribution is 0.663. The lowest BCUT2D eigenvalue weighted by Gasteiger charge is -2.23. The maximum absolute atomic E-state index is 2.52. The van der Waals surface area contributed by atoms with Crippen molar-refractivity contribution in [2.45, 2.75) is 32.7 Å². The molecule has 0 N–H and O–H groups in total. The van der Waals surface area contributed by atoms with Crippen LogP contribution in [0.4, 0.5) is 5.69 Å². The van der Waals surface area contributed by atoms with Crippen molar-refractivity contribution in [3.63, 3.8) is 0 Å². The average molecular weight is 175 g/mol. The van der Waals surface area contributed by atoms with Crippen LogP contribution in [0.5, 0.6) is 0 Å². The second kappa shape index (κ2) is 3.41. The van der Waals surface area contributed by atoms with Crippen molar-refractivity contribution < 1.29 is 0 Å². The molecule has 1 unspecified atom stereocenters. The highest BCUT2D eigenvalue weighted by Crippen LogP contribution is 2.31. The van der Waals surface area contributed by atoms with Gasteiger partial charge in [0.05, 0.1) is 0 Å². The third kappa shape index (κ3) is 1.43. The quantitative estimate of drug-likeness (QED) is 0.668. The van der Waals surface area contributed by atoms with Gasteiger partial charge in [-0.1, -0.05) is 25.1 Å². The molecular weight excluding hydrogens is 158 g/mol. The molecule has 2 rings (SSSR count). The van der Waals surface area contributed by atoms with Gasteiger partial charge >= 0.3 is 0 Å². The van der Waals surface area contributed by atoms with Crippen molar-refractivity contribution >= 4 is 5.69 Å². The Balaban J connectivity index is 2.29. The van der Waals surface area contributed by atoms with Crippen molar-refractivity contribution in [1.29, 1.82) is 0 Å². The second-order valence-electron chi connectivity index (χ2n) is 3.88. The van der Waals surface area contributed by atoms with Gasteiger partial charge in [-0.2, -0.15) is 0 Å². The normalized spacial score (nSPS) is 20.5. The summed E-state index contributed by atoms with van der Waals surface area (Å²) in [5, 5.41) is 0. The van der Waals surface area contributed by atoms with Crippen molar-refractivity contribution in [3.8, 4) is 0 Å². The number of benzene rings is 1. The number of para-hydroxylation sites is 1. The second-order valence-corrected chi connectivity index (χ2v) is 3.88. The van der Waals surface area contributed by atoms with E-state index in [-0.39, 0.29) is 0 Å². The van der Waals surface area contributed by atoms with Gasteiger partial charge < -0.3 is 4.90 Å². The van der Waals surface area contributed by atoms with Gasteiger partial charge in [0.15, 0.2) is 0 Å². The van der Waals surface area contributed by atoms with Crippen LogP contribution in [0.15, 0.2) is 24.3 Å². The molecule has 13 heavy (non-hydrogen) atoms. The first-order valence-electron chi connectivity index (χ1n) is 5.17. The fourth-order valence-corrected chi connectivity index (χ4v) is 2.21. The largest absolute Gasteiger partial charge is 0.368 e. The van der Waals surface area contributed by atoms with E-state index in [1.165, 1.54) is 30.6 Å². The van der Waals surface area contributed by atoms with Crippen LogP contribution < -0.4 is 4.90 Å². The van der Waals surface area contributed by atoms with Crippen LogP contribution in [0.1, 0.15) is 25.8 Å². The van der Waals surface area contributed by atoms with Gasteiger partial charge in [-0.15, -0.1) is 0 Å². The summed E-state index contributed by atoms with van der Waals surface area (Å²) in [7, 11) is 0. The number of nitrogens with zero attached hydrogens (tertiary/aromatic N) is 1. The molecule has 0 amide bonds. The Morgan fingerprint density at radius 2 is 2.15 bits per heavy atom. The van der Waals surface area contributed by atoms with Crippen LogP contribution in [-0.2, 0) is 6.42 Å². The molecule has 0 aliphatic carbocycles. The van der Waals surface area contributed by atoms with Crippen LogP contribution in [0.3, 0.4) is 0 Å². The van der Waals surface area contributed by atoms with Crippen molar-refractivity contribution in [3.05, 3.63) is 29.8 Å². The summed E-state index contributed by atoms with van der Waals surface area (Å²) in [5.74, 6) is 0. The molecule has 0 saturated heterocycles. The highest BCUT2D eigenvalue weighted by atomic mass is 15.2. The summed E-state index contributed by atoms with van der Waals surface area (Å²) in [6.45, 7) is 5.75. The zero-order valence-corrected chi connectivity index (χ0v) is 8.46. The summed E-state index contributed by atoms with van der Waals surface area (Å²) in [6.07, 6.45) is 2.45. The molecule has 1 aromatic carbocycles. The SMILES string of the molecule is CCCN1c2ccccc2CC1C. The number of anilines is 1. The Bertz CT molecular complexity index is 293. The zero-order chi connectivity index (χ0) is 9.26. The molecular formula is C12H17N. The van der Waals surface area contributed by atoms with Gasteiger partial charge in [-0.05, 0) is 31.4 Å². The van der Waals surface area contributed by atoms with Crippen LogP contribution in [-0.4, -0.2) is 12.6 Å². The van der Waals surface area contributed by atoms with Gasteiger partial charge in [0.2, 0.25) is 0 Å². The Hall–Kier alpha value is -0.980. The monoisotopic (exact) mass is 175 g/mol. The van der Waals surface area contributed by atoms with E-state index in [2.05, 4.69) is 43.0 Å². The number of hydrogen-bond donors (Lipinski definition) is 0. The summed E-state index contributed by atoms with van der Waals surface area (Å²) in [6, 6.07) is 9.47. The fourth-order valence-electron chi connectivity index (χ4n) is 2.21. The molecule has 0 spiro atoms. The molecule has 0 saturated carbocycles. The molecule has 1 aliphatic rings. The summed E-state index contributed by atoms with van der Waals surface area (Å²) < 4.78 is 0. The maximum Gasteiger partial charge on any atom is 0.0402 e. The van der Waals surface area contributed by atoms with Crippen LogP contribution in [0.2, 0.25) is 0 Å². The first-order valence-corrected chi connectivity index (χ1v) is 5.17. The van der Waals surface area contributed by atoms with Crippen LogP contribution >= 0.6 is 0 Å². The van der Waals surface area contributed by atoms with E-state index >= 15 is 0 Å². The molecule has 1 aromatic rings. The molecule has 1 nitrogen and oxygen atoms in total. The van der Waals surface area contributed by atoms with E-state index in [9.17, 15) is 0 Å². The van der Waals surface area contributed by atoms with Crippen LogP contribution in [0.25, 0.3) is 0 Å². The fraction of sp³-hybridized carbons (Fsp3) is 0.500. The smallest absolute Gasteiger partial charge is 0.0402 e. The summed E-state index contributed by atoms with van der Waals surface area (Å²) in [5.41, 5.74) is 2.97. The maximum atomic E-state index is 2.52. The van der Waals surface area contributed by atoms with Gasteiger partial charge in [0, 0.05) is 18.3 Å². The highest BCUT2D eigenvalue weighted by molar-refractivity contribution is 5.59. The van der Waals surface area contributed by atoms with Gasteiger partial charge in [0.25, 0.3) is 0 Å². The van der Waals surface area contributed by atoms with E-state index < -0.39 is 0 Å². The predicted octanol–water partition coefficient (Wildman–Crippen LogP) is 2.85. The molecule has 0 radical (unpaired) electrons. The predicted molar refractivity (Wildman–Crippen MR) is 57.2 cm³/mol. The molecule has 70 valence electrons. The van der Waals surface area contributed by atoms with Gasteiger partial charge in [-0.25, -0.2) is 0 Å². The Morgan fingerprint density at radius 3 is 2.92 bits per heavy atom. The lowest BCUT2D eigenvalue weighted by atomic mass is 10.1. The van der Waals surface area contributed by atoms with Crippen molar-refractivity contribution in [2.24, 2.45) is 0 Å². The third-order valence-corrected chi connectivity index (χ3v) is 2.81. The minimum atomic E-state index is 0.692. The van der Waals surface area contributed by atoms with Crippen molar-refractivity contribution in [2.75, 3.05) is 11.4 Å². The molecule has 0 fully saturated rings. The molecule has 0 aromatic heterocycles. The summed E-state index contributed by atoms with van der Waals surface area (Å²) in [4.78, 5) is 2.52. The molecule has 1 atom stereocenters. The molecule has 1 heterocycles. The lowest BCUT2D eigenvalue weighted by Crippen LogP contribution is -2.29. The molecule has 1 heteroatoms. The summed E-state index contributed by atoms with van der Waals surface area (Å²) >= 11 is 0. The Morgan fingerprint density at radius 1 is 1.38 bits per heavy atom. The van der Waals surface area contributed by atoms with E-state index in [1.807, 2.05) is 0 Å². The Kier molecular flexibility index (Phi) is 2.26. The first kappa shape index (κ1) is 8.61. The average Bonchev–Trinajstić information content (AvgIpc) is 2.44. The minimum absolute atomic E-state index is 0.692. The van der Waals surface area contributed by atoms with E-state index in [0.717, 1.165) is 0 Å². The third-order valence-electron chi connectivity index (χ3n) is 2.81. The minimum Gasteiger partial charge on any atom is -0.368 e. The zero-order valence-electron chi connectivity index (χ0n) is 8.46. The number of hydrogen-bond acceptors (Lipinski definition) is 1. The molecule has 1 aliphatic heterocycles. The topological polar surface area (TPSA) is 3.24 Å². The van der Waals surface area contributed by atoms with E-state index in [4.69, 9.17) is 0 Å². The first-order chi connectivity index (χ1) is 6.33. The van der Waals surface area contributed by atoms with E-state index in [1.54, 1.807) is 0 Å². The van der Waals surface area contributed by atoms with Crippen LogP contribution in [0, 0.1) is 0 Å². The standard InChI is InChI=1S/C12H17N/c1-3-8-13-10(2)9-11-6-4-5-7-12(11)13/h4-7,10H,3,8-9H2,1-2H3. The van der Waals surface area contributed by atoms with Gasteiger partial charge in [-0.3, -0.25) is 0 Å². The number of fused-ring (bicyclic) bond motifs is 1. The highest BCUT2D eigenvalue weighted by Gasteiger charge is 2.23. The molecule has 0 bridgehead atoms.